The maximum atomic E-state index is 12.2. The van der Waals surface area contributed by atoms with Gasteiger partial charge in [0.1, 0.15) is 11.6 Å². The molecule has 1 atom stereocenters. The molecule has 0 aromatic carbocycles. The summed E-state index contributed by atoms with van der Waals surface area (Å²) in [7, 11) is 1.24. The number of nitrogens with zero attached hydrogens (tertiary/aromatic N) is 1. The van der Waals surface area contributed by atoms with E-state index in [0.717, 1.165) is 0 Å². The highest BCUT2D eigenvalue weighted by molar-refractivity contribution is 6.36. The second kappa shape index (κ2) is 6.16. The Balaban J connectivity index is 3.14. The normalized spacial score (nSPS) is 12.3. The van der Waals surface area contributed by atoms with E-state index in [0.29, 0.717) is 5.02 Å². The fraction of sp³-hybridized carbons (Fsp3) is 0.417. The standard InChI is InChI=1S/C12H13Cl2NO3/c1-6(2)9(12(17)18-3)11(16)10-8(14)4-7(13)5-15-10/h4-6,9H,1-3H3. The van der Waals surface area contributed by atoms with Gasteiger partial charge >= 0.3 is 5.97 Å². The molecule has 0 fully saturated rings. The molecular formula is C12H13Cl2NO3. The summed E-state index contributed by atoms with van der Waals surface area (Å²) >= 11 is 11.6. The van der Waals surface area contributed by atoms with Crippen LogP contribution in [0.4, 0.5) is 0 Å². The summed E-state index contributed by atoms with van der Waals surface area (Å²) in [6.07, 6.45) is 1.31. The second-order valence-corrected chi connectivity index (χ2v) is 4.94. The third kappa shape index (κ3) is 3.21. The number of esters is 1. The third-order valence-electron chi connectivity index (χ3n) is 2.45. The van der Waals surface area contributed by atoms with Crippen LogP contribution in [0.5, 0.6) is 0 Å². The van der Waals surface area contributed by atoms with Gasteiger partial charge in [-0.05, 0) is 12.0 Å². The molecule has 1 unspecified atom stereocenters. The van der Waals surface area contributed by atoms with Gasteiger partial charge in [0.2, 0.25) is 0 Å². The summed E-state index contributed by atoms with van der Waals surface area (Å²) in [5.41, 5.74) is 0.0326. The van der Waals surface area contributed by atoms with Gasteiger partial charge in [0, 0.05) is 6.20 Å². The van der Waals surface area contributed by atoms with Gasteiger partial charge in [0.05, 0.1) is 17.2 Å². The number of pyridine rings is 1. The Kier molecular flexibility index (Phi) is 5.11. The molecule has 18 heavy (non-hydrogen) atoms. The topological polar surface area (TPSA) is 56.3 Å². The van der Waals surface area contributed by atoms with E-state index in [-0.39, 0.29) is 16.6 Å². The van der Waals surface area contributed by atoms with Crippen LogP contribution < -0.4 is 0 Å². The van der Waals surface area contributed by atoms with Crippen molar-refractivity contribution in [2.75, 3.05) is 7.11 Å². The van der Waals surface area contributed by atoms with Gasteiger partial charge < -0.3 is 4.74 Å². The fourth-order valence-corrected chi connectivity index (χ4v) is 2.03. The van der Waals surface area contributed by atoms with Gasteiger partial charge in [-0.25, -0.2) is 4.98 Å². The van der Waals surface area contributed by atoms with Crippen LogP contribution in [-0.2, 0) is 9.53 Å². The maximum Gasteiger partial charge on any atom is 0.316 e. The molecular weight excluding hydrogens is 277 g/mol. The number of hydrogen-bond acceptors (Lipinski definition) is 4. The molecule has 0 saturated heterocycles. The first-order chi connectivity index (χ1) is 8.38. The minimum absolute atomic E-state index is 0.0326. The van der Waals surface area contributed by atoms with Crippen molar-refractivity contribution in [2.45, 2.75) is 13.8 Å². The number of hydrogen-bond donors (Lipinski definition) is 0. The first-order valence-corrected chi connectivity index (χ1v) is 6.07. The van der Waals surface area contributed by atoms with E-state index in [9.17, 15) is 9.59 Å². The van der Waals surface area contributed by atoms with E-state index >= 15 is 0 Å². The van der Waals surface area contributed by atoms with Crippen LogP contribution in [0.25, 0.3) is 0 Å². The Morgan fingerprint density at radius 2 is 1.94 bits per heavy atom. The summed E-state index contributed by atoms with van der Waals surface area (Å²) < 4.78 is 4.62. The number of aromatic nitrogens is 1. The fourth-order valence-electron chi connectivity index (χ4n) is 1.55. The van der Waals surface area contributed by atoms with Crippen LogP contribution in [-0.4, -0.2) is 23.8 Å². The Bertz CT molecular complexity index is 474. The number of carbonyl (C=O) groups excluding carboxylic acids is 2. The van der Waals surface area contributed by atoms with Crippen LogP contribution in [0, 0.1) is 11.8 Å². The number of rotatable bonds is 4. The average molecular weight is 290 g/mol. The molecule has 0 aliphatic heterocycles. The smallest absolute Gasteiger partial charge is 0.316 e. The third-order valence-corrected chi connectivity index (χ3v) is 2.94. The monoisotopic (exact) mass is 289 g/mol. The van der Waals surface area contributed by atoms with Crippen LogP contribution in [0.1, 0.15) is 24.3 Å². The number of methoxy groups -OCH3 is 1. The lowest BCUT2D eigenvalue weighted by molar-refractivity contribution is -0.144. The minimum atomic E-state index is -0.916. The molecule has 0 spiro atoms. The molecule has 1 rings (SSSR count). The van der Waals surface area contributed by atoms with Gasteiger partial charge in [-0.15, -0.1) is 0 Å². The predicted molar refractivity (Wildman–Crippen MR) is 68.9 cm³/mol. The molecule has 0 bridgehead atoms. The Morgan fingerprint density at radius 3 is 2.39 bits per heavy atom. The number of ketones is 1. The lowest BCUT2D eigenvalue weighted by Gasteiger charge is -2.17. The number of halogens is 2. The highest BCUT2D eigenvalue weighted by atomic mass is 35.5. The number of ether oxygens (including phenoxy) is 1. The van der Waals surface area contributed by atoms with Crippen LogP contribution in [0.2, 0.25) is 10.0 Å². The highest BCUT2D eigenvalue weighted by Crippen LogP contribution is 2.24. The molecule has 4 nitrogen and oxygen atoms in total. The molecule has 0 aliphatic rings. The minimum Gasteiger partial charge on any atom is -0.468 e. The molecule has 0 amide bonds. The summed E-state index contributed by atoms with van der Waals surface area (Å²) in [6, 6.07) is 1.41. The molecule has 0 saturated carbocycles. The summed E-state index contributed by atoms with van der Waals surface area (Å²) in [5.74, 6) is -2.18. The van der Waals surface area contributed by atoms with Crippen molar-refractivity contribution in [3.05, 3.63) is 28.0 Å². The maximum absolute atomic E-state index is 12.2. The number of carbonyl (C=O) groups is 2. The summed E-state index contributed by atoms with van der Waals surface area (Å²) in [4.78, 5) is 27.7. The zero-order valence-corrected chi connectivity index (χ0v) is 11.7. The SMILES string of the molecule is COC(=O)C(C(=O)c1ncc(Cl)cc1Cl)C(C)C. The van der Waals surface area contributed by atoms with E-state index in [1.165, 1.54) is 19.4 Å². The number of Topliss-reactive ketones (excluding diaryl/α,β-unsaturated/α-hetero) is 1. The van der Waals surface area contributed by atoms with Crippen molar-refractivity contribution in [1.29, 1.82) is 0 Å². The lowest BCUT2D eigenvalue weighted by atomic mass is 9.90. The van der Waals surface area contributed by atoms with Crippen molar-refractivity contribution < 1.29 is 14.3 Å². The Morgan fingerprint density at radius 1 is 1.33 bits per heavy atom. The van der Waals surface area contributed by atoms with Crippen molar-refractivity contribution >= 4 is 35.0 Å². The van der Waals surface area contributed by atoms with Gasteiger partial charge in [0.25, 0.3) is 0 Å². The highest BCUT2D eigenvalue weighted by Gasteiger charge is 2.33. The van der Waals surface area contributed by atoms with Crippen molar-refractivity contribution in [3.8, 4) is 0 Å². The van der Waals surface area contributed by atoms with E-state index < -0.39 is 17.7 Å². The van der Waals surface area contributed by atoms with Crippen molar-refractivity contribution in [2.24, 2.45) is 11.8 Å². The average Bonchev–Trinajstić information content (AvgIpc) is 2.28. The van der Waals surface area contributed by atoms with E-state index in [4.69, 9.17) is 23.2 Å². The van der Waals surface area contributed by atoms with Gasteiger partial charge in [-0.1, -0.05) is 37.0 Å². The first-order valence-electron chi connectivity index (χ1n) is 5.31. The second-order valence-electron chi connectivity index (χ2n) is 4.09. The Labute approximate surface area is 115 Å². The molecule has 0 N–H and O–H groups in total. The van der Waals surface area contributed by atoms with E-state index in [1.807, 2.05) is 0 Å². The lowest BCUT2D eigenvalue weighted by Crippen LogP contribution is -2.30. The molecule has 1 heterocycles. The zero-order chi connectivity index (χ0) is 13.9. The largest absolute Gasteiger partial charge is 0.468 e. The molecule has 1 aromatic rings. The van der Waals surface area contributed by atoms with Crippen LogP contribution in [0.15, 0.2) is 12.3 Å². The molecule has 6 heteroatoms. The first kappa shape index (κ1) is 14.9. The molecule has 0 radical (unpaired) electrons. The van der Waals surface area contributed by atoms with Crippen molar-refractivity contribution in [3.63, 3.8) is 0 Å². The summed E-state index contributed by atoms with van der Waals surface area (Å²) in [5, 5.41) is 0.456. The zero-order valence-electron chi connectivity index (χ0n) is 10.2. The van der Waals surface area contributed by atoms with Crippen LogP contribution >= 0.6 is 23.2 Å². The summed E-state index contributed by atoms with van der Waals surface area (Å²) in [6.45, 7) is 3.51. The van der Waals surface area contributed by atoms with E-state index in [1.54, 1.807) is 13.8 Å². The molecule has 1 aromatic heterocycles. The predicted octanol–water partition coefficient (Wildman–Crippen LogP) is 3.02. The van der Waals surface area contributed by atoms with Gasteiger partial charge in [-0.2, -0.15) is 0 Å². The Hall–Kier alpha value is -1.13. The molecule has 98 valence electrons. The quantitative estimate of drug-likeness (QED) is 0.486. The van der Waals surface area contributed by atoms with E-state index in [2.05, 4.69) is 9.72 Å². The van der Waals surface area contributed by atoms with Gasteiger partial charge in [0.15, 0.2) is 5.78 Å². The van der Waals surface area contributed by atoms with Gasteiger partial charge in [-0.3, -0.25) is 9.59 Å². The molecule has 0 aliphatic carbocycles. The van der Waals surface area contributed by atoms with Crippen LogP contribution in [0.3, 0.4) is 0 Å². The van der Waals surface area contributed by atoms with Crippen molar-refractivity contribution in [1.82, 2.24) is 4.98 Å².